The van der Waals surface area contributed by atoms with Crippen LogP contribution in [0.1, 0.15) is 19.8 Å². The summed E-state index contributed by atoms with van der Waals surface area (Å²) in [5, 5.41) is 0. The van der Waals surface area contributed by atoms with E-state index >= 15 is 0 Å². The normalized spacial score (nSPS) is 15.2. The van der Waals surface area contributed by atoms with Crippen molar-refractivity contribution in [1.82, 2.24) is 4.31 Å². The molecule has 6 nitrogen and oxygen atoms in total. The van der Waals surface area contributed by atoms with Crippen molar-refractivity contribution < 1.29 is 13.2 Å². The summed E-state index contributed by atoms with van der Waals surface area (Å²) in [7, 11) is -0.687. The van der Waals surface area contributed by atoms with Gasteiger partial charge in [-0.2, -0.15) is 12.7 Å². The molecule has 1 amide bonds. The van der Waals surface area contributed by atoms with Crippen molar-refractivity contribution in [2.24, 2.45) is 0 Å². The van der Waals surface area contributed by atoms with Crippen molar-refractivity contribution in [2.75, 3.05) is 23.7 Å². The molecule has 1 aliphatic carbocycles. The van der Waals surface area contributed by atoms with Crippen LogP contribution < -0.4 is 9.62 Å². The zero-order chi connectivity index (χ0) is 14.9. The molecule has 110 valence electrons. The molecule has 1 aliphatic rings. The van der Waals surface area contributed by atoms with Crippen molar-refractivity contribution in [2.45, 2.75) is 25.8 Å². The number of nitrogens with zero attached hydrogens (tertiary/aromatic N) is 2. The first-order valence-corrected chi connectivity index (χ1v) is 7.86. The fraction of sp³-hybridized carbons (Fsp3) is 0.462. The van der Waals surface area contributed by atoms with Crippen LogP contribution in [0.2, 0.25) is 0 Å². The second-order valence-corrected chi connectivity index (χ2v) is 6.91. The van der Waals surface area contributed by atoms with E-state index in [1.165, 1.54) is 21.0 Å². The first kappa shape index (κ1) is 14.8. The van der Waals surface area contributed by atoms with Crippen LogP contribution in [0.4, 0.5) is 11.4 Å². The minimum absolute atomic E-state index is 0.0796. The number of hydrogen-bond acceptors (Lipinski definition) is 3. The van der Waals surface area contributed by atoms with Crippen molar-refractivity contribution in [3.8, 4) is 0 Å². The molecular weight excluding hydrogens is 278 g/mol. The Morgan fingerprint density at radius 1 is 1.25 bits per heavy atom. The molecule has 1 aromatic rings. The minimum atomic E-state index is -3.59. The molecule has 1 aromatic carbocycles. The van der Waals surface area contributed by atoms with E-state index in [0.29, 0.717) is 11.4 Å². The fourth-order valence-electron chi connectivity index (χ4n) is 1.96. The molecule has 0 saturated heterocycles. The average Bonchev–Trinajstić information content (AvgIpc) is 3.15. The third-order valence-electron chi connectivity index (χ3n) is 3.13. The summed E-state index contributed by atoms with van der Waals surface area (Å²) in [5.74, 6) is -0.0796. The average molecular weight is 297 g/mol. The van der Waals surface area contributed by atoms with E-state index in [2.05, 4.69) is 4.72 Å². The molecule has 1 fully saturated rings. The van der Waals surface area contributed by atoms with Gasteiger partial charge in [0, 0.05) is 27.1 Å². The molecule has 7 heteroatoms. The molecule has 0 spiro atoms. The van der Waals surface area contributed by atoms with Gasteiger partial charge in [-0.1, -0.05) is 12.1 Å². The van der Waals surface area contributed by atoms with Crippen LogP contribution >= 0.6 is 0 Å². The number of hydrogen-bond donors (Lipinski definition) is 1. The lowest BCUT2D eigenvalue weighted by Gasteiger charge is -2.24. The van der Waals surface area contributed by atoms with Gasteiger partial charge in [-0.15, -0.1) is 0 Å². The Morgan fingerprint density at radius 3 is 2.35 bits per heavy atom. The van der Waals surface area contributed by atoms with Crippen molar-refractivity contribution in [3.63, 3.8) is 0 Å². The van der Waals surface area contributed by atoms with E-state index in [9.17, 15) is 13.2 Å². The molecule has 1 N–H and O–H groups in total. The van der Waals surface area contributed by atoms with Gasteiger partial charge in [0.05, 0.1) is 11.4 Å². The molecule has 0 atom stereocenters. The van der Waals surface area contributed by atoms with E-state index in [1.807, 2.05) is 0 Å². The van der Waals surface area contributed by atoms with Gasteiger partial charge in [0.1, 0.15) is 0 Å². The van der Waals surface area contributed by atoms with Gasteiger partial charge in [-0.3, -0.25) is 9.52 Å². The van der Waals surface area contributed by atoms with Crippen LogP contribution in [0.15, 0.2) is 24.3 Å². The maximum absolute atomic E-state index is 11.9. The Bertz CT molecular complexity index is 609. The minimum Gasteiger partial charge on any atom is -0.308 e. The standard InChI is InChI=1S/C13H19N3O3S/c1-10(17)16(11-8-9-11)13-7-5-4-6-12(13)14-20(18,19)15(2)3/h4-7,11,14H,8-9H2,1-3H3. The quantitative estimate of drug-likeness (QED) is 0.893. The molecular formula is C13H19N3O3S. The predicted octanol–water partition coefficient (Wildman–Crippen LogP) is 1.42. The second-order valence-electron chi connectivity index (χ2n) is 5.03. The van der Waals surface area contributed by atoms with Gasteiger partial charge in [0.25, 0.3) is 0 Å². The predicted molar refractivity (Wildman–Crippen MR) is 78.9 cm³/mol. The molecule has 0 unspecified atom stereocenters. The zero-order valence-corrected chi connectivity index (χ0v) is 12.6. The van der Waals surface area contributed by atoms with Crippen LogP contribution in [0.3, 0.4) is 0 Å². The van der Waals surface area contributed by atoms with Crippen LogP contribution in [0, 0.1) is 0 Å². The van der Waals surface area contributed by atoms with Gasteiger partial charge < -0.3 is 4.90 Å². The summed E-state index contributed by atoms with van der Waals surface area (Å²) in [4.78, 5) is 13.5. The van der Waals surface area contributed by atoms with Gasteiger partial charge in [0.2, 0.25) is 5.91 Å². The molecule has 20 heavy (non-hydrogen) atoms. The largest absolute Gasteiger partial charge is 0.308 e. The third kappa shape index (κ3) is 3.10. The number of rotatable bonds is 5. The zero-order valence-electron chi connectivity index (χ0n) is 11.8. The first-order valence-electron chi connectivity index (χ1n) is 6.42. The highest BCUT2D eigenvalue weighted by molar-refractivity contribution is 7.90. The highest BCUT2D eigenvalue weighted by atomic mass is 32.2. The van der Waals surface area contributed by atoms with Crippen molar-refractivity contribution in [1.29, 1.82) is 0 Å². The maximum Gasteiger partial charge on any atom is 0.301 e. The third-order valence-corrected chi connectivity index (χ3v) is 4.57. The summed E-state index contributed by atoms with van der Waals surface area (Å²) in [5.41, 5.74) is 1.02. The van der Waals surface area contributed by atoms with Crippen LogP contribution in [0.25, 0.3) is 0 Å². The molecule has 0 aliphatic heterocycles. The lowest BCUT2D eigenvalue weighted by Crippen LogP contribution is -2.33. The topological polar surface area (TPSA) is 69.7 Å². The van der Waals surface area contributed by atoms with Crippen LogP contribution in [-0.2, 0) is 15.0 Å². The van der Waals surface area contributed by atoms with E-state index in [-0.39, 0.29) is 11.9 Å². The van der Waals surface area contributed by atoms with E-state index in [0.717, 1.165) is 17.1 Å². The number of carbonyl (C=O) groups is 1. The Hall–Kier alpha value is -1.60. The number of amides is 1. The van der Waals surface area contributed by atoms with Crippen LogP contribution in [0.5, 0.6) is 0 Å². The van der Waals surface area contributed by atoms with Crippen molar-refractivity contribution in [3.05, 3.63) is 24.3 Å². The van der Waals surface area contributed by atoms with E-state index in [1.54, 1.807) is 29.2 Å². The number of nitrogens with one attached hydrogen (secondary N) is 1. The SMILES string of the molecule is CC(=O)N(c1ccccc1NS(=O)(=O)N(C)C)C1CC1. The molecule has 0 aromatic heterocycles. The lowest BCUT2D eigenvalue weighted by atomic mass is 10.2. The summed E-state index contributed by atoms with van der Waals surface area (Å²) in [6.07, 6.45) is 1.91. The van der Waals surface area contributed by atoms with E-state index < -0.39 is 10.2 Å². The summed E-state index contributed by atoms with van der Waals surface area (Å²) in [6, 6.07) is 7.13. The Labute approximate surface area is 119 Å². The lowest BCUT2D eigenvalue weighted by molar-refractivity contribution is -0.116. The van der Waals surface area contributed by atoms with Gasteiger partial charge in [-0.25, -0.2) is 0 Å². The second kappa shape index (κ2) is 5.41. The molecule has 0 radical (unpaired) electrons. The maximum atomic E-state index is 11.9. The Morgan fingerprint density at radius 2 is 1.85 bits per heavy atom. The summed E-state index contributed by atoms with van der Waals surface area (Å²) in [6.45, 7) is 1.50. The summed E-state index contributed by atoms with van der Waals surface area (Å²) >= 11 is 0. The number of anilines is 2. The molecule has 0 bridgehead atoms. The Kier molecular flexibility index (Phi) is 4.01. The number of benzene rings is 1. The highest BCUT2D eigenvalue weighted by Crippen LogP contribution is 2.36. The van der Waals surface area contributed by atoms with E-state index in [4.69, 9.17) is 0 Å². The number of para-hydroxylation sites is 2. The molecule has 1 saturated carbocycles. The molecule has 0 heterocycles. The highest BCUT2D eigenvalue weighted by Gasteiger charge is 2.33. The monoisotopic (exact) mass is 297 g/mol. The van der Waals surface area contributed by atoms with Crippen molar-refractivity contribution >= 4 is 27.5 Å². The van der Waals surface area contributed by atoms with Gasteiger partial charge in [0.15, 0.2) is 0 Å². The first-order chi connectivity index (χ1) is 9.33. The smallest absolute Gasteiger partial charge is 0.301 e. The molecule has 2 rings (SSSR count). The number of carbonyl (C=O) groups excluding carboxylic acids is 1. The fourth-order valence-corrected chi connectivity index (χ4v) is 2.59. The van der Waals surface area contributed by atoms with Crippen LogP contribution in [-0.4, -0.2) is 38.8 Å². The summed E-state index contributed by atoms with van der Waals surface area (Å²) < 4.78 is 27.5. The van der Waals surface area contributed by atoms with Gasteiger partial charge >= 0.3 is 10.2 Å². The Balaban J connectivity index is 2.38. The van der Waals surface area contributed by atoms with Gasteiger partial charge in [-0.05, 0) is 25.0 Å².